The smallest absolute Gasteiger partial charge is 0.341 e. The van der Waals surface area contributed by atoms with Gasteiger partial charge in [0.15, 0.2) is 0 Å². The van der Waals surface area contributed by atoms with Crippen LogP contribution in [0.1, 0.15) is 10.4 Å². The third-order valence-corrected chi connectivity index (χ3v) is 3.97. The number of anilines is 2. The first kappa shape index (κ1) is 17.2. The third-order valence-electron chi connectivity index (χ3n) is 3.97. The zero-order valence-electron chi connectivity index (χ0n) is 14.3. The number of amides is 1. The van der Waals surface area contributed by atoms with Crippen molar-refractivity contribution >= 4 is 34.3 Å². The minimum absolute atomic E-state index is 0.171. The molecule has 0 aliphatic heterocycles. The van der Waals surface area contributed by atoms with Crippen LogP contribution in [0.2, 0.25) is 0 Å². The van der Waals surface area contributed by atoms with E-state index in [1.54, 1.807) is 36.4 Å². The van der Waals surface area contributed by atoms with E-state index in [2.05, 4.69) is 5.32 Å². The molecule has 2 aromatic carbocycles. The number of pyridine rings is 1. The van der Waals surface area contributed by atoms with E-state index in [-0.39, 0.29) is 5.39 Å². The Bertz CT molecular complexity index is 1070. The van der Waals surface area contributed by atoms with Crippen LogP contribution in [0.15, 0.2) is 59.5 Å². The molecule has 0 saturated carbocycles. The maximum atomic E-state index is 12.7. The maximum Gasteiger partial charge on any atom is 0.341 e. The van der Waals surface area contributed by atoms with E-state index in [1.807, 2.05) is 25.1 Å². The molecule has 0 fully saturated rings. The number of nitrogens with zero attached hydrogens (tertiary/aromatic N) is 2. The Balaban J connectivity index is 2.08. The number of para-hydroxylation sites is 1. The van der Waals surface area contributed by atoms with Gasteiger partial charge in [-0.15, -0.1) is 0 Å². The lowest BCUT2D eigenvalue weighted by Gasteiger charge is -2.15. The van der Waals surface area contributed by atoms with Crippen LogP contribution in [0, 0.1) is 0 Å². The molecule has 0 unspecified atom stereocenters. The van der Waals surface area contributed by atoms with E-state index >= 15 is 0 Å². The molecule has 7 heteroatoms. The number of aromatic carboxylic acids is 1. The summed E-state index contributed by atoms with van der Waals surface area (Å²) >= 11 is 0. The second-order valence-electron chi connectivity index (χ2n) is 5.94. The first-order chi connectivity index (χ1) is 12.4. The predicted molar refractivity (Wildman–Crippen MR) is 100 cm³/mol. The highest BCUT2D eigenvalue weighted by Crippen LogP contribution is 2.18. The summed E-state index contributed by atoms with van der Waals surface area (Å²) in [7, 11) is 3.77. The van der Waals surface area contributed by atoms with Gasteiger partial charge in [0.2, 0.25) is 5.43 Å². The molecular weight excluding hydrogens is 334 g/mol. The summed E-state index contributed by atoms with van der Waals surface area (Å²) in [6.07, 6.45) is 1.05. The van der Waals surface area contributed by atoms with Gasteiger partial charge in [0.25, 0.3) is 0 Å². The molecule has 2 N–H and O–H groups in total. The Morgan fingerprint density at radius 1 is 1.08 bits per heavy atom. The second-order valence-corrected chi connectivity index (χ2v) is 5.94. The van der Waals surface area contributed by atoms with Gasteiger partial charge in [-0.1, -0.05) is 18.2 Å². The highest BCUT2D eigenvalue weighted by molar-refractivity contribution is 6.00. The van der Waals surface area contributed by atoms with Crippen LogP contribution >= 0.6 is 0 Å². The lowest BCUT2D eigenvalue weighted by molar-refractivity contribution is 0.0695. The van der Waals surface area contributed by atoms with Crippen molar-refractivity contribution in [2.75, 3.05) is 24.3 Å². The summed E-state index contributed by atoms with van der Waals surface area (Å²) in [5.74, 6) is -1.38. The molecule has 0 saturated heterocycles. The van der Waals surface area contributed by atoms with Crippen LogP contribution < -0.4 is 15.6 Å². The van der Waals surface area contributed by atoms with Crippen LogP contribution in [0.3, 0.4) is 0 Å². The molecule has 1 heterocycles. The van der Waals surface area contributed by atoms with Crippen molar-refractivity contribution in [1.82, 2.24) is 4.57 Å². The highest BCUT2D eigenvalue weighted by atomic mass is 16.4. The van der Waals surface area contributed by atoms with Crippen LogP contribution in [-0.4, -0.2) is 35.8 Å². The van der Waals surface area contributed by atoms with Crippen molar-refractivity contribution in [1.29, 1.82) is 0 Å². The first-order valence-corrected chi connectivity index (χ1v) is 7.85. The first-order valence-electron chi connectivity index (χ1n) is 7.85. The number of aromatic nitrogens is 1. The molecule has 132 valence electrons. The average Bonchev–Trinajstić information content (AvgIpc) is 2.62. The average molecular weight is 351 g/mol. The van der Waals surface area contributed by atoms with Crippen molar-refractivity contribution < 1.29 is 14.7 Å². The number of hydrogen-bond donors (Lipinski definition) is 2. The third kappa shape index (κ3) is 3.14. The van der Waals surface area contributed by atoms with Crippen molar-refractivity contribution in [2.24, 2.45) is 0 Å². The largest absolute Gasteiger partial charge is 0.477 e. The Labute approximate surface area is 149 Å². The summed E-state index contributed by atoms with van der Waals surface area (Å²) in [6, 6.07) is 13.1. The van der Waals surface area contributed by atoms with Crippen molar-refractivity contribution in [3.63, 3.8) is 0 Å². The minimum atomic E-state index is -1.38. The second kappa shape index (κ2) is 6.72. The molecule has 3 aromatic rings. The number of fused-ring (bicyclic) bond motifs is 1. The van der Waals surface area contributed by atoms with Gasteiger partial charge < -0.3 is 15.3 Å². The van der Waals surface area contributed by atoms with Crippen molar-refractivity contribution in [3.8, 4) is 0 Å². The van der Waals surface area contributed by atoms with Gasteiger partial charge in [-0.25, -0.2) is 9.59 Å². The van der Waals surface area contributed by atoms with Gasteiger partial charge in [-0.3, -0.25) is 9.36 Å². The van der Waals surface area contributed by atoms with Gasteiger partial charge in [-0.2, -0.15) is 0 Å². The Morgan fingerprint density at radius 3 is 2.50 bits per heavy atom. The number of carboxylic acid groups (broad SMARTS) is 1. The summed E-state index contributed by atoms with van der Waals surface area (Å²) in [5, 5.41) is 12.2. The summed E-state index contributed by atoms with van der Waals surface area (Å²) in [4.78, 5) is 38.3. The number of rotatable bonds is 3. The zero-order valence-corrected chi connectivity index (χ0v) is 14.3. The van der Waals surface area contributed by atoms with Crippen LogP contribution in [0.4, 0.5) is 16.2 Å². The number of carboxylic acids is 1. The number of hydrogen-bond acceptors (Lipinski definition) is 4. The van der Waals surface area contributed by atoms with Gasteiger partial charge in [-0.05, 0) is 30.3 Å². The molecule has 0 spiro atoms. The van der Waals surface area contributed by atoms with Crippen molar-refractivity contribution in [3.05, 3.63) is 70.5 Å². The van der Waals surface area contributed by atoms with Gasteiger partial charge >= 0.3 is 12.0 Å². The quantitative estimate of drug-likeness (QED) is 0.757. The van der Waals surface area contributed by atoms with Gasteiger partial charge in [0.1, 0.15) is 5.56 Å². The molecule has 7 nitrogen and oxygen atoms in total. The molecule has 0 atom stereocenters. The lowest BCUT2D eigenvalue weighted by atomic mass is 10.1. The number of carbonyl (C=O) groups excluding carboxylic acids is 1. The topological polar surface area (TPSA) is 91.6 Å². The van der Waals surface area contributed by atoms with E-state index < -0.39 is 23.0 Å². The summed E-state index contributed by atoms with van der Waals surface area (Å²) in [5.41, 5.74) is 0.719. The minimum Gasteiger partial charge on any atom is -0.477 e. The molecular formula is C19H17N3O4. The van der Waals surface area contributed by atoms with Crippen LogP contribution in [0.5, 0.6) is 0 Å². The van der Waals surface area contributed by atoms with Crippen molar-refractivity contribution in [2.45, 2.75) is 0 Å². The fourth-order valence-electron chi connectivity index (χ4n) is 2.64. The van der Waals surface area contributed by atoms with Gasteiger partial charge in [0.05, 0.1) is 5.52 Å². The Kier molecular flexibility index (Phi) is 4.45. The molecule has 0 aliphatic carbocycles. The van der Waals surface area contributed by atoms with E-state index in [0.29, 0.717) is 11.2 Å². The maximum absolute atomic E-state index is 12.7. The Morgan fingerprint density at radius 2 is 1.81 bits per heavy atom. The van der Waals surface area contributed by atoms with Crippen LogP contribution in [0.25, 0.3) is 10.9 Å². The van der Waals surface area contributed by atoms with E-state index in [4.69, 9.17) is 0 Å². The van der Waals surface area contributed by atoms with E-state index in [1.165, 1.54) is 6.07 Å². The van der Waals surface area contributed by atoms with Gasteiger partial charge in [0, 0.05) is 37.1 Å². The number of benzene rings is 2. The molecule has 1 aromatic heterocycles. The molecule has 26 heavy (non-hydrogen) atoms. The lowest BCUT2D eigenvalue weighted by Crippen LogP contribution is -2.25. The monoisotopic (exact) mass is 351 g/mol. The molecule has 0 radical (unpaired) electrons. The van der Waals surface area contributed by atoms with Crippen LogP contribution in [-0.2, 0) is 0 Å². The highest BCUT2D eigenvalue weighted by Gasteiger charge is 2.17. The normalized spacial score (nSPS) is 10.5. The standard InChI is InChI=1S/C19H17N3O4/c1-21(2)13-7-5-6-12(10-13)20-19(26)22-11-15(18(24)25)17(23)14-8-3-4-9-16(14)22/h3-11H,1-2H3,(H,20,26)(H,24,25). The predicted octanol–water partition coefficient (Wildman–Crippen LogP) is 2.85. The molecule has 0 bridgehead atoms. The Hall–Kier alpha value is -3.61. The fraction of sp³-hybridized carbons (Fsp3) is 0.105. The summed E-state index contributed by atoms with van der Waals surface area (Å²) < 4.78 is 1.14. The molecule has 0 aliphatic rings. The number of nitrogens with one attached hydrogen (secondary N) is 1. The molecule has 1 amide bonds. The zero-order chi connectivity index (χ0) is 18.8. The SMILES string of the molecule is CN(C)c1cccc(NC(=O)n2cc(C(=O)O)c(=O)c3ccccc32)c1. The number of carbonyl (C=O) groups is 2. The van der Waals surface area contributed by atoms with E-state index in [0.717, 1.165) is 16.5 Å². The van der Waals surface area contributed by atoms with E-state index in [9.17, 15) is 19.5 Å². The fourth-order valence-corrected chi connectivity index (χ4v) is 2.64. The molecule has 3 rings (SSSR count). The summed E-state index contributed by atoms with van der Waals surface area (Å²) in [6.45, 7) is 0.